The van der Waals surface area contributed by atoms with Crippen LogP contribution in [0.2, 0.25) is 0 Å². The maximum absolute atomic E-state index is 2.47. The molecule has 4 aromatic carbocycles. The van der Waals surface area contributed by atoms with Gasteiger partial charge >= 0.3 is 0 Å². The summed E-state index contributed by atoms with van der Waals surface area (Å²) in [6.07, 6.45) is 4.20. The second-order valence-electron chi connectivity index (χ2n) is 10.1. The van der Waals surface area contributed by atoms with E-state index in [1.54, 1.807) is 0 Å². The Labute approximate surface area is 212 Å². The van der Waals surface area contributed by atoms with Crippen molar-refractivity contribution < 1.29 is 0 Å². The predicted octanol–water partition coefficient (Wildman–Crippen LogP) is 8.92. The van der Waals surface area contributed by atoms with Crippen LogP contribution in [0.3, 0.4) is 0 Å². The summed E-state index contributed by atoms with van der Waals surface area (Å²) in [5.74, 6) is 0. The fraction of sp³-hybridized carbons (Fsp3) is 0.314. The molecule has 0 heterocycles. The zero-order valence-corrected chi connectivity index (χ0v) is 22.3. The van der Waals surface area contributed by atoms with E-state index < -0.39 is 0 Å². The highest BCUT2D eigenvalue weighted by Gasteiger charge is 2.48. The van der Waals surface area contributed by atoms with Gasteiger partial charge in [-0.3, -0.25) is 0 Å². The Morgan fingerprint density at radius 2 is 0.914 bits per heavy atom. The number of benzene rings is 4. The summed E-state index contributed by atoms with van der Waals surface area (Å²) in [5.41, 5.74) is 16.9. The molecule has 0 saturated carbocycles. The van der Waals surface area contributed by atoms with Gasteiger partial charge in [-0.25, -0.2) is 0 Å². The normalized spacial score (nSPS) is 13.5. The van der Waals surface area contributed by atoms with Gasteiger partial charge in [0.2, 0.25) is 0 Å². The molecule has 0 atom stereocenters. The molecule has 35 heavy (non-hydrogen) atoms. The zero-order valence-electron chi connectivity index (χ0n) is 22.3. The number of hydrogen-bond acceptors (Lipinski definition) is 0. The van der Waals surface area contributed by atoms with Crippen LogP contribution in [-0.2, 0) is 31.1 Å². The van der Waals surface area contributed by atoms with Crippen molar-refractivity contribution in [3.63, 3.8) is 0 Å². The van der Waals surface area contributed by atoms with Crippen LogP contribution in [0.15, 0.2) is 72.8 Å². The van der Waals surface area contributed by atoms with Gasteiger partial charge in [-0.1, -0.05) is 112 Å². The van der Waals surface area contributed by atoms with Gasteiger partial charge in [0.15, 0.2) is 0 Å². The van der Waals surface area contributed by atoms with Crippen molar-refractivity contribution in [1.29, 1.82) is 0 Å². The van der Waals surface area contributed by atoms with Crippen LogP contribution in [0.4, 0.5) is 0 Å². The van der Waals surface area contributed by atoms with Gasteiger partial charge < -0.3 is 0 Å². The Morgan fingerprint density at radius 3 is 1.29 bits per heavy atom. The SMILES string of the molecule is CCc1cccc(C2(c3cccc(CC)c3CC)c3cc(C)ccc3-c3ccc(C)cc32)c1CC. The first kappa shape index (κ1) is 23.6. The van der Waals surface area contributed by atoms with Crippen molar-refractivity contribution in [3.8, 4) is 11.1 Å². The van der Waals surface area contributed by atoms with E-state index in [1.807, 2.05) is 0 Å². The third-order valence-electron chi connectivity index (χ3n) is 8.27. The number of rotatable bonds is 6. The van der Waals surface area contributed by atoms with Gasteiger partial charge in [0, 0.05) is 0 Å². The molecule has 0 fully saturated rings. The van der Waals surface area contributed by atoms with Gasteiger partial charge in [0.25, 0.3) is 0 Å². The Balaban J connectivity index is 2.06. The minimum atomic E-state index is -0.310. The largest absolute Gasteiger partial charge is 0.0719 e. The molecule has 1 aliphatic carbocycles. The summed E-state index contributed by atoms with van der Waals surface area (Å²) in [7, 11) is 0. The predicted molar refractivity (Wildman–Crippen MR) is 151 cm³/mol. The standard InChI is InChI=1S/C35H38/c1-7-25-13-11-15-31(27(25)9-3)35(32-16-12-14-26(8-2)28(32)10-4)33-21-23(5)17-19-29(33)30-20-18-24(6)22-34(30)35/h11-22H,7-10H2,1-6H3. The molecule has 1 aliphatic rings. The molecule has 0 unspecified atom stereocenters. The number of hydrogen-bond donors (Lipinski definition) is 0. The van der Waals surface area contributed by atoms with Crippen LogP contribution in [0.1, 0.15) is 83.3 Å². The Kier molecular flexibility index (Phi) is 6.18. The van der Waals surface area contributed by atoms with Gasteiger partial charge in [0.05, 0.1) is 5.41 Å². The maximum atomic E-state index is 2.47. The Morgan fingerprint density at radius 1 is 0.486 bits per heavy atom. The Bertz CT molecular complexity index is 1290. The highest BCUT2D eigenvalue weighted by atomic mass is 14.5. The topological polar surface area (TPSA) is 0 Å². The van der Waals surface area contributed by atoms with E-state index in [0.717, 1.165) is 25.7 Å². The van der Waals surface area contributed by atoms with Gasteiger partial charge in [-0.15, -0.1) is 0 Å². The molecule has 0 aromatic heterocycles. The summed E-state index contributed by atoms with van der Waals surface area (Å²) in [6.45, 7) is 13.7. The minimum absolute atomic E-state index is 0.310. The van der Waals surface area contributed by atoms with Crippen molar-refractivity contribution in [2.45, 2.75) is 72.6 Å². The lowest BCUT2D eigenvalue weighted by Gasteiger charge is -2.38. The molecule has 0 saturated heterocycles. The number of aryl methyl sites for hydroxylation is 4. The molecule has 0 spiro atoms. The molecule has 0 nitrogen and oxygen atoms in total. The highest BCUT2D eigenvalue weighted by molar-refractivity contribution is 5.87. The van der Waals surface area contributed by atoms with Gasteiger partial charge in [-0.2, -0.15) is 0 Å². The fourth-order valence-corrected chi connectivity index (χ4v) is 6.75. The van der Waals surface area contributed by atoms with E-state index in [0.29, 0.717) is 0 Å². The molecule has 0 heteroatoms. The van der Waals surface area contributed by atoms with Crippen molar-refractivity contribution in [2.24, 2.45) is 0 Å². The van der Waals surface area contributed by atoms with Crippen LogP contribution >= 0.6 is 0 Å². The van der Waals surface area contributed by atoms with E-state index in [4.69, 9.17) is 0 Å². The van der Waals surface area contributed by atoms with Crippen LogP contribution < -0.4 is 0 Å². The molecule has 0 bridgehead atoms. The second kappa shape index (κ2) is 9.15. The zero-order chi connectivity index (χ0) is 24.7. The van der Waals surface area contributed by atoms with Crippen LogP contribution in [0.25, 0.3) is 11.1 Å². The summed E-state index contributed by atoms with van der Waals surface area (Å²) in [6, 6.07) is 28.4. The van der Waals surface area contributed by atoms with E-state index >= 15 is 0 Å². The summed E-state index contributed by atoms with van der Waals surface area (Å²) >= 11 is 0. The van der Waals surface area contributed by atoms with Gasteiger partial charge in [-0.05, 0) is 95.2 Å². The van der Waals surface area contributed by atoms with E-state index in [2.05, 4.69) is 114 Å². The van der Waals surface area contributed by atoms with E-state index in [1.165, 1.54) is 66.8 Å². The summed E-state index contributed by atoms with van der Waals surface area (Å²) in [4.78, 5) is 0. The summed E-state index contributed by atoms with van der Waals surface area (Å²) < 4.78 is 0. The first-order chi connectivity index (χ1) is 17.0. The quantitative estimate of drug-likeness (QED) is 0.238. The number of fused-ring (bicyclic) bond motifs is 3. The van der Waals surface area contributed by atoms with Crippen molar-refractivity contribution in [3.05, 3.63) is 128 Å². The molecule has 0 amide bonds. The third-order valence-corrected chi connectivity index (χ3v) is 8.27. The molecule has 178 valence electrons. The van der Waals surface area contributed by atoms with Crippen LogP contribution in [0, 0.1) is 13.8 Å². The molecule has 0 aliphatic heterocycles. The molecular weight excluding hydrogens is 420 g/mol. The van der Waals surface area contributed by atoms with Crippen LogP contribution in [-0.4, -0.2) is 0 Å². The first-order valence-electron chi connectivity index (χ1n) is 13.5. The average molecular weight is 459 g/mol. The lowest BCUT2D eigenvalue weighted by Crippen LogP contribution is -2.32. The lowest BCUT2D eigenvalue weighted by molar-refractivity contribution is 0.732. The molecule has 5 rings (SSSR count). The minimum Gasteiger partial charge on any atom is -0.0616 e. The van der Waals surface area contributed by atoms with E-state index in [-0.39, 0.29) is 5.41 Å². The van der Waals surface area contributed by atoms with Crippen molar-refractivity contribution in [1.82, 2.24) is 0 Å². The van der Waals surface area contributed by atoms with Crippen molar-refractivity contribution in [2.75, 3.05) is 0 Å². The summed E-state index contributed by atoms with van der Waals surface area (Å²) in [5, 5.41) is 0. The Hall–Kier alpha value is -3.12. The molecule has 4 aromatic rings. The fourth-order valence-electron chi connectivity index (χ4n) is 6.75. The van der Waals surface area contributed by atoms with Gasteiger partial charge in [0.1, 0.15) is 0 Å². The average Bonchev–Trinajstić information content (AvgIpc) is 3.16. The van der Waals surface area contributed by atoms with Crippen LogP contribution in [0.5, 0.6) is 0 Å². The molecular formula is C35H38. The third kappa shape index (κ3) is 3.41. The van der Waals surface area contributed by atoms with Crippen molar-refractivity contribution >= 4 is 0 Å². The first-order valence-corrected chi connectivity index (χ1v) is 13.5. The smallest absolute Gasteiger partial charge is 0.0616 e. The van der Waals surface area contributed by atoms with E-state index in [9.17, 15) is 0 Å². The molecule has 0 N–H and O–H groups in total. The lowest BCUT2D eigenvalue weighted by atomic mass is 9.63. The molecule has 0 radical (unpaired) electrons. The highest BCUT2D eigenvalue weighted by Crippen LogP contribution is 2.58. The second-order valence-corrected chi connectivity index (χ2v) is 10.1. The monoisotopic (exact) mass is 458 g/mol. The maximum Gasteiger partial charge on any atom is 0.0719 e.